The Bertz CT molecular complexity index is 336. The van der Waals surface area contributed by atoms with Crippen LogP contribution < -0.4 is 10.6 Å². The number of hydrogen-bond acceptors (Lipinski definition) is 4. The zero-order valence-electron chi connectivity index (χ0n) is 9.78. The highest BCUT2D eigenvalue weighted by molar-refractivity contribution is 5.83. The van der Waals surface area contributed by atoms with E-state index in [1.807, 2.05) is 19.9 Å². The van der Waals surface area contributed by atoms with Crippen LogP contribution in [0.5, 0.6) is 0 Å². The lowest BCUT2D eigenvalue weighted by molar-refractivity contribution is 0.168. The van der Waals surface area contributed by atoms with Crippen LogP contribution in [0, 0.1) is 0 Å². The summed E-state index contributed by atoms with van der Waals surface area (Å²) in [5, 5.41) is 5.73. The number of carbonyl (C=O) groups is 1. The van der Waals surface area contributed by atoms with Gasteiger partial charge >= 0.3 is 6.09 Å². The second-order valence-corrected chi connectivity index (χ2v) is 3.58. The number of nitrogens with one attached hydrogen (secondary N) is 2. The van der Waals surface area contributed by atoms with Gasteiger partial charge in [-0.2, -0.15) is 0 Å². The van der Waals surface area contributed by atoms with Crippen LogP contribution in [0.3, 0.4) is 0 Å². The van der Waals surface area contributed by atoms with Gasteiger partial charge in [0.2, 0.25) is 0 Å². The van der Waals surface area contributed by atoms with Gasteiger partial charge in [0.25, 0.3) is 0 Å². The van der Waals surface area contributed by atoms with Gasteiger partial charge in [0.15, 0.2) is 0 Å². The molecule has 0 spiro atoms. The maximum absolute atomic E-state index is 11.1. The molecule has 0 aliphatic rings. The summed E-state index contributed by atoms with van der Waals surface area (Å²) in [5.74, 6) is 0.479. The molecule has 5 nitrogen and oxygen atoms in total. The predicted molar refractivity (Wildman–Crippen MR) is 63.6 cm³/mol. The molecule has 1 amide bonds. The van der Waals surface area contributed by atoms with Crippen molar-refractivity contribution in [3.8, 4) is 0 Å². The standard InChI is InChI=1S/C11H17N3O2/c1-4-16-11(15)14-10-6-5-9(7-12-10)13-8(2)3/h5-8,13H,4H2,1-3H3,(H,12,14,15). The van der Waals surface area contributed by atoms with Crippen LogP contribution in [-0.2, 0) is 4.74 Å². The molecular weight excluding hydrogens is 206 g/mol. The fraction of sp³-hybridized carbons (Fsp3) is 0.455. The molecule has 1 heterocycles. The van der Waals surface area contributed by atoms with Crippen LogP contribution in [-0.4, -0.2) is 23.7 Å². The smallest absolute Gasteiger partial charge is 0.412 e. The maximum Gasteiger partial charge on any atom is 0.412 e. The molecule has 0 aliphatic heterocycles. The Morgan fingerprint density at radius 3 is 2.75 bits per heavy atom. The highest BCUT2D eigenvalue weighted by atomic mass is 16.5. The number of pyridine rings is 1. The molecule has 0 saturated carbocycles. The molecule has 88 valence electrons. The molecule has 1 rings (SSSR count). The summed E-state index contributed by atoms with van der Waals surface area (Å²) in [6, 6.07) is 3.93. The first-order valence-corrected chi connectivity index (χ1v) is 5.28. The van der Waals surface area contributed by atoms with Gasteiger partial charge in [0, 0.05) is 6.04 Å². The third-order valence-electron chi connectivity index (χ3n) is 1.72. The van der Waals surface area contributed by atoms with E-state index in [9.17, 15) is 4.79 Å². The normalized spacial score (nSPS) is 10.0. The number of nitrogens with zero attached hydrogens (tertiary/aromatic N) is 1. The van der Waals surface area contributed by atoms with E-state index >= 15 is 0 Å². The van der Waals surface area contributed by atoms with Crippen molar-refractivity contribution in [2.45, 2.75) is 26.8 Å². The van der Waals surface area contributed by atoms with Crippen LogP contribution in [0.4, 0.5) is 16.3 Å². The molecule has 0 atom stereocenters. The van der Waals surface area contributed by atoms with Gasteiger partial charge in [-0.15, -0.1) is 0 Å². The monoisotopic (exact) mass is 223 g/mol. The van der Waals surface area contributed by atoms with E-state index in [2.05, 4.69) is 15.6 Å². The van der Waals surface area contributed by atoms with E-state index < -0.39 is 6.09 Å². The molecule has 2 N–H and O–H groups in total. The third kappa shape index (κ3) is 4.16. The number of carbonyl (C=O) groups excluding carboxylic acids is 1. The zero-order chi connectivity index (χ0) is 12.0. The summed E-state index contributed by atoms with van der Waals surface area (Å²) in [7, 11) is 0. The number of ether oxygens (including phenoxy) is 1. The van der Waals surface area contributed by atoms with Crippen LogP contribution in [0.2, 0.25) is 0 Å². The maximum atomic E-state index is 11.1. The van der Waals surface area contributed by atoms with E-state index in [-0.39, 0.29) is 0 Å². The Balaban J connectivity index is 2.54. The van der Waals surface area contributed by atoms with Gasteiger partial charge in [-0.3, -0.25) is 5.32 Å². The van der Waals surface area contributed by atoms with Crippen LogP contribution >= 0.6 is 0 Å². The van der Waals surface area contributed by atoms with Crippen molar-refractivity contribution in [2.75, 3.05) is 17.2 Å². The van der Waals surface area contributed by atoms with Crippen LogP contribution in [0.1, 0.15) is 20.8 Å². The fourth-order valence-corrected chi connectivity index (χ4v) is 1.16. The van der Waals surface area contributed by atoms with E-state index in [4.69, 9.17) is 4.74 Å². The van der Waals surface area contributed by atoms with E-state index in [1.54, 1.807) is 19.2 Å². The highest BCUT2D eigenvalue weighted by Gasteiger charge is 2.02. The Morgan fingerprint density at radius 1 is 1.50 bits per heavy atom. The summed E-state index contributed by atoms with van der Waals surface area (Å²) in [5.41, 5.74) is 0.921. The molecule has 0 fully saturated rings. The fourth-order valence-electron chi connectivity index (χ4n) is 1.16. The van der Waals surface area contributed by atoms with Crippen LogP contribution in [0.25, 0.3) is 0 Å². The number of hydrogen-bond donors (Lipinski definition) is 2. The van der Waals surface area contributed by atoms with Crippen molar-refractivity contribution < 1.29 is 9.53 Å². The average molecular weight is 223 g/mol. The molecule has 0 radical (unpaired) electrons. The summed E-state index contributed by atoms with van der Waals surface area (Å²) in [6.07, 6.45) is 1.18. The summed E-state index contributed by atoms with van der Waals surface area (Å²) < 4.78 is 4.73. The summed E-state index contributed by atoms with van der Waals surface area (Å²) >= 11 is 0. The molecule has 0 aliphatic carbocycles. The van der Waals surface area contributed by atoms with Gasteiger partial charge in [0.05, 0.1) is 18.5 Å². The summed E-state index contributed by atoms with van der Waals surface area (Å²) in [4.78, 5) is 15.2. The Kier molecular flexibility index (Phi) is 4.57. The van der Waals surface area contributed by atoms with Gasteiger partial charge in [-0.1, -0.05) is 0 Å². The number of amides is 1. The Hall–Kier alpha value is -1.78. The van der Waals surface area contributed by atoms with Crippen LogP contribution in [0.15, 0.2) is 18.3 Å². The van der Waals surface area contributed by atoms with Gasteiger partial charge in [-0.05, 0) is 32.9 Å². The molecule has 0 unspecified atom stereocenters. The first-order valence-electron chi connectivity index (χ1n) is 5.28. The van der Waals surface area contributed by atoms with Crippen molar-refractivity contribution in [1.82, 2.24) is 4.98 Å². The zero-order valence-corrected chi connectivity index (χ0v) is 9.78. The number of aromatic nitrogens is 1. The molecule has 0 bridgehead atoms. The van der Waals surface area contributed by atoms with E-state index in [1.165, 1.54) is 0 Å². The average Bonchev–Trinajstić information content (AvgIpc) is 2.20. The molecule has 5 heteroatoms. The minimum Gasteiger partial charge on any atom is -0.450 e. The first kappa shape index (κ1) is 12.3. The largest absolute Gasteiger partial charge is 0.450 e. The lowest BCUT2D eigenvalue weighted by Gasteiger charge is -2.10. The minimum absolute atomic E-state index is 0.346. The second-order valence-electron chi connectivity index (χ2n) is 3.58. The van der Waals surface area contributed by atoms with Crippen molar-refractivity contribution in [3.63, 3.8) is 0 Å². The van der Waals surface area contributed by atoms with Crippen molar-refractivity contribution in [1.29, 1.82) is 0 Å². The highest BCUT2D eigenvalue weighted by Crippen LogP contribution is 2.10. The topological polar surface area (TPSA) is 63.2 Å². The second kappa shape index (κ2) is 5.95. The predicted octanol–water partition coefficient (Wildman–Crippen LogP) is 2.47. The van der Waals surface area contributed by atoms with Gasteiger partial charge in [0.1, 0.15) is 5.82 Å². The van der Waals surface area contributed by atoms with E-state index in [0.29, 0.717) is 18.5 Å². The number of rotatable bonds is 4. The van der Waals surface area contributed by atoms with Gasteiger partial charge < -0.3 is 10.1 Å². The van der Waals surface area contributed by atoms with Crippen molar-refractivity contribution >= 4 is 17.6 Å². The number of anilines is 2. The minimum atomic E-state index is -0.487. The third-order valence-corrected chi connectivity index (χ3v) is 1.72. The molecular formula is C11H17N3O2. The van der Waals surface area contributed by atoms with E-state index in [0.717, 1.165) is 5.69 Å². The molecule has 16 heavy (non-hydrogen) atoms. The SMILES string of the molecule is CCOC(=O)Nc1ccc(NC(C)C)cn1. The van der Waals surface area contributed by atoms with Crippen molar-refractivity contribution in [3.05, 3.63) is 18.3 Å². The Labute approximate surface area is 95.2 Å². The first-order chi connectivity index (χ1) is 7.61. The molecule has 0 saturated heterocycles. The van der Waals surface area contributed by atoms with Gasteiger partial charge in [-0.25, -0.2) is 9.78 Å². The quantitative estimate of drug-likeness (QED) is 0.823. The molecule has 1 aromatic heterocycles. The molecule has 0 aromatic carbocycles. The lowest BCUT2D eigenvalue weighted by atomic mass is 10.3. The lowest BCUT2D eigenvalue weighted by Crippen LogP contribution is -2.14. The van der Waals surface area contributed by atoms with Crippen molar-refractivity contribution in [2.24, 2.45) is 0 Å². The molecule has 1 aromatic rings. The summed E-state index contributed by atoms with van der Waals surface area (Å²) in [6.45, 7) is 6.19. The Morgan fingerprint density at radius 2 is 2.25 bits per heavy atom.